The van der Waals surface area contributed by atoms with Gasteiger partial charge in [-0.3, -0.25) is 0 Å². The molecule has 1 aliphatic rings. The molecule has 1 aliphatic heterocycles. The van der Waals surface area contributed by atoms with Gasteiger partial charge in [-0.15, -0.1) is 0 Å². The first-order valence-corrected chi connectivity index (χ1v) is 13.4. The number of benzene rings is 1. The smallest absolute Gasteiger partial charge is 0.410 e. The number of piperidine rings is 1. The lowest BCUT2D eigenvalue weighted by molar-refractivity contribution is -0.0771. The summed E-state index contributed by atoms with van der Waals surface area (Å²) in [5, 5.41) is 7.31. The standard InChI is InChI=1S/C28H34ClF2N5O5/c1-15-23(22-16(2)35-41-17(22)3)33-25(19-12-18(39-14-38-7)8-9-20(19)29)34-24(15)32-21-10-11-36(13-28(21,30)31)26(37)40-27(4,5)6/h8-9,12,21H,10-11,13-14H2,1-7H3,(H,32,33,34). The fourth-order valence-electron chi connectivity index (χ4n) is 4.50. The van der Waals surface area contributed by atoms with Crippen molar-refractivity contribution in [2.45, 2.75) is 65.5 Å². The molecule has 4 rings (SSSR count). The summed E-state index contributed by atoms with van der Waals surface area (Å²) in [4.78, 5) is 22.9. The molecule has 3 aromatic rings. The van der Waals surface area contributed by atoms with Crippen molar-refractivity contribution in [2.24, 2.45) is 0 Å². The van der Waals surface area contributed by atoms with Crippen LogP contribution in [0.5, 0.6) is 5.75 Å². The first-order valence-electron chi connectivity index (χ1n) is 13.1. The van der Waals surface area contributed by atoms with Crippen LogP contribution in [0.1, 0.15) is 44.2 Å². The Labute approximate surface area is 242 Å². The number of methoxy groups -OCH3 is 1. The van der Waals surface area contributed by atoms with Gasteiger partial charge in [0.1, 0.15) is 22.9 Å². The first kappa shape index (κ1) is 30.4. The minimum atomic E-state index is -3.28. The van der Waals surface area contributed by atoms with Crippen LogP contribution in [0.15, 0.2) is 22.7 Å². The van der Waals surface area contributed by atoms with Gasteiger partial charge in [-0.05, 0) is 66.2 Å². The normalized spacial score (nSPS) is 16.9. The molecule has 1 unspecified atom stereocenters. The second-order valence-corrected chi connectivity index (χ2v) is 11.3. The van der Waals surface area contributed by atoms with Gasteiger partial charge >= 0.3 is 6.09 Å². The Balaban J connectivity index is 1.73. The number of nitrogens with one attached hydrogen (secondary N) is 1. The molecule has 0 saturated carbocycles. The molecule has 0 bridgehead atoms. The number of halogens is 3. The number of alkyl halides is 2. The molecule has 1 N–H and O–H groups in total. The Hall–Kier alpha value is -3.51. The maximum absolute atomic E-state index is 15.5. The van der Waals surface area contributed by atoms with E-state index in [1.54, 1.807) is 59.7 Å². The predicted molar refractivity (Wildman–Crippen MR) is 149 cm³/mol. The third kappa shape index (κ3) is 6.87. The number of likely N-dealkylation sites (tertiary alicyclic amines) is 1. The molecule has 2 aromatic heterocycles. The minimum Gasteiger partial charge on any atom is -0.468 e. The quantitative estimate of drug-likeness (QED) is 0.310. The van der Waals surface area contributed by atoms with Crippen molar-refractivity contribution >= 4 is 23.5 Å². The van der Waals surface area contributed by atoms with Crippen LogP contribution in [0.4, 0.5) is 19.4 Å². The molecule has 0 aliphatic carbocycles. The van der Waals surface area contributed by atoms with E-state index in [-0.39, 0.29) is 31.4 Å². The number of aromatic nitrogens is 3. The number of hydrogen-bond donors (Lipinski definition) is 1. The van der Waals surface area contributed by atoms with Crippen LogP contribution < -0.4 is 10.1 Å². The minimum absolute atomic E-state index is 0.0179. The zero-order valence-corrected chi connectivity index (χ0v) is 24.9. The molecule has 0 radical (unpaired) electrons. The molecular weight excluding hydrogens is 560 g/mol. The molecule has 10 nitrogen and oxygen atoms in total. The highest BCUT2D eigenvalue weighted by atomic mass is 35.5. The lowest BCUT2D eigenvalue weighted by Crippen LogP contribution is -2.56. The van der Waals surface area contributed by atoms with Gasteiger partial charge in [-0.2, -0.15) is 0 Å². The SMILES string of the molecule is COCOc1ccc(Cl)c(-c2nc(NC3CCN(C(=O)OC(C)(C)C)CC3(F)F)c(C)c(-c3c(C)noc3C)n2)c1. The van der Waals surface area contributed by atoms with Gasteiger partial charge in [-0.1, -0.05) is 16.8 Å². The summed E-state index contributed by atoms with van der Waals surface area (Å²) in [5.41, 5.74) is 1.84. The third-order valence-corrected chi connectivity index (χ3v) is 6.83. The van der Waals surface area contributed by atoms with Gasteiger partial charge in [0.25, 0.3) is 5.92 Å². The average molecular weight is 594 g/mol. The number of hydrogen-bond acceptors (Lipinski definition) is 9. The molecular formula is C28H34ClF2N5O5. The van der Waals surface area contributed by atoms with E-state index in [0.717, 1.165) is 4.90 Å². The Morgan fingerprint density at radius 3 is 2.59 bits per heavy atom. The number of amides is 1. The highest BCUT2D eigenvalue weighted by molar-refractivity contribution is 6.33. The van der Waals surface area contributed by atoms with E-state index in [1.165, 1.54) is 7.11 Å². The molecule has 13 heteroatoms. The van der Waals surface area contributed by atoms with Crippen molar-refractivity contribution in [3.05, 3.63) is 40.2 Å². The molecule has 1 saturated heterocycles. The summed E-state index contributed by atoms with van der Waals surface area (Å²) in [6, 6.07) is 3.65. The lowest BCUT2D eigenvalue weighted by Gasteiger charge is -2.39. The molecule has 1 atom stereocenters. The zero-order chi connectivity index (χ0) is 30.1. The monoisotopic (exact) mass is 593 g/mol. The number of rotatable bonds is 7. The predicted octanol–water partition coefficient (Wildman–Crippen LogP) is 6.42. The van der Waals surface area contributed by atoms with Gasteiger partial charge in [0.15, 0.2) is 12.6 Å². The van der Waals surface area contributed by atoms with Crippen LogP contribution in [-0.2, 0) is 9.47 Å². The maximum atomic E-state index is 15.5. The molecule has 41 heavy (non-hydrogen) atoms. The Bertz CT molecular complexity index is 1410. The van der Waals surface area contributed by atoms with Crippen molar-refractivity contribution in [1.29, 1.82) is 0 Å². The van der Waals surface area contributed by atoms with E-state index >= 15 is 8.78 Å². The van der Waals surface area contributed by atoms with Crippen LogP contribution in [0.2, 0.25) is 5.02 Å². The number of carbonyl (C=O) groups excluding carboxylic acids is 1. The summed E-state index contributed by atoms with van der Waals surface area (Å²) in [6.07, 6.45) is -0.811. The molecule has 0 spiro atoms. The second kappa shape index (κ2) is 11.8. The summed E-state index contributed by atoms with van der Waals surface area (Å²) >= 11 is 6.54. The van der Waals surface area contributed by atoms with Gasteiger partial charge in [0, 0.05) is 24.8 Å². The van der Waals surface area contributed by atoms with Crippen LogP contribution in [0, 0.1) is 20.8 Å². The van der Waals surface area contributed by atoms with Crippen molar-refractivity contribution in [1.82, 2.24) is 20.0 Å². The number of anilines is 1. The van der Waals surface area contributed by atoms with E-state index in [9.17, 15) is 4.79 Å². The highest BCUT2D eigenvalue weighted by Gasteiger charge is 2.47. The van der Waals surface area contributed by atoms with E-state index in [1.807, 2.05) is 0 Å². The largest absolute Gasteiger partial charge is 0.468 e. The van der Waals surface area contributed by atoms with Gasteiger partial charge in [0.2, 0.25) is 0 Å². The number of nitrogens with zero attached hydrogens (tertiary/aromatic N) is 4. The third-order valence-electron chi connectivity index (χ3n) is 6.50. The van der Waals surface area contributed by atoms with Crippen molar-refractivity contribution in [3.63, 3.8) is 0 Å². The summed E-state index contributed by atoms with van der Waals surface area (Å²) in [5.74, 6) is -1.91. The van der Waals surface area contributed by atoms with E-state index in [4.69, 9.17) is 35.3 Å². The van der Waals surface area contributed by atoms with Crippen molar-refractivity contribution < 1.29 is 32.3 Å². The molecule has 1 amide bonds. The summed E-state index contributed by atoms with van der Waals surface area (Å²) in [7, 11) is 1.50. The fraction of sp³-hybridized carbons (Fsp3) is 0.500. The Morgan fingerprint density at radius 2 is 1.98 bits per heavy atom. The molecule has 1 aromatic carbocycles. The fourth-order valence-corrected chi connectivity index (χ4v) is 4.70. The number of aryl methyl sites for hydroxylation is 2. The summed E-state index contributed by atoms with van der Waals surface area (Å²) in [6.45, 7) is 9.63. The van der Waals surface area contributed by atoms with Crippen molar-refractivity contribution in [3.8, 4) is 28.4 Å². The number of carbonyl (C=O) groups is 1. The highest BCUT2D eigenvalue weighted by Crippen LogP contribution is 2.38. The molecule has 3 heterocycles. The van der Waals surface area contributed by atoms with Crippen LogP contribution in [0.25, 0.3) is 22.6 Å². The first-order chi connectivity index (χ1) is 19.2. The zero-order valence-electron chi connectivity index (χ0n) is 24.1. The van der Waals surface area contributed by atoms with Crippen LogP contribution in [0.3, 0.4) is 0 Å². The molecule has 1 fully saturated rings. The van der Waals surface area contributed by atoms with E-state index < -0.39 is 30.2 Å². The maximum Gasteiger partial charge on any atom is 0.410 e. The van der Waals surface area contributed by atoms with E-state index in [0.29, 0.717) is 44.6 Å². The van der Waals surface area contributed by atoms with Gasteiger partial charge in [-0.25, -0.2) is 23.5 Å². The molecule has 222 valence electrons. The Morgan fingerprint density at radius 1 is 1.24 bits per heavy atom. The lowest BCUT2D eigenvalue weighted by atomic mass is 10.00. The summed E-state index contributed by atoms with van der Waals surface area (Å²) < 4.78 is 52.1. The van der Waals surface area contributed by atoms with E-state index in [2.05, 4.69) is 15.5 Å². The topological polar surface area (TPSA) is 112 Å². The van der Waals surface area contributed by atoms with Gasteiger partial charge in [0.05, 0.1) is 34.6 Å². The van der Waals surface area contributed by atoms with Crippen molar-refractivity contribution in [2.75, 3.05) is 32.3 Å². The van der Waals surface area contributed by atoms with Gasteiger partial charge < -0.3 is 29.0 Å². The Kier molecular flexibility index (Phi) is 8.74. The average Bonchev–Trinajstić information content (AvgIpc) is 3.22. The van der Waals surface area contributed by atoms with Crippen LogP contribution >= 0.6 is 11.6 Å². The second-order valence-electron chi connectivity index (χ2n) is 10.9. The van der Waals surface area contributed by atoms with Crippen LogP contribution in [-0.4, -0.2) is 70.7 Å². The number of ether oxygens (including phenoxy) is 3.